The Morgan fingerprint density at radius 2 is 1.11 bits per heavy atom. The molecular formula is C43H28N2O. The molecule has 3 nitrogen and oxygen atoms in total. The maximum Gasteiger partial charge on any atom is 0.155 e. The Labute approximate surface area is 267 Å². The summed E-state index contributed by atoms with van der Waals surface area (Å²) in [4.78, 5) is 0. The van der Waals surface area contributed by atoms with Gasteiger partial charge in [-0.15, -0.1) is 0 Å². The van der Waals surface area contributed by atoms with Crippen molar-refractivity contribution in [1.82, 2.24) is 4.57 Å². The Morgan fingerprint density at radius 3 is 1.91 bits per heavy atom. The van der Waals surface area contributed by atoms with Crippen LogP contribution in [0, 0.1) is 0 Å². The highest BCUT2D eigenvalue weighted by Gasteiger charge is 2.51. The second-order valence-corrected chi connectivity index (χ2v) is 12.2. The first-order chi connectivity index (χ1) is 22.8. The van der Waals surface area contributed by atoms with Crippen molar-refractivity contribution >= 4 is 33.2 Å². The maximum atomic E-state index is 6.85. The van der Waals surface area contributed by atoms with Crippen molar-refractivity contribution in [3.63, 3.8) is 0 Å². The van der Waals surface area contributed by atoms with Gasteiger partial charge in [-0.2, -0.15) is 0 Å². The van der Waals surface area contributed by atoms with Crippen LogP contribution in [0.1, 0.15) is 22.3 Å². The number of hydrogen-bond donors (Lipinski definition) is 1. The minimum absolute atomic E-state index is 0.484. The van der Waals surface area contributed by atoms with Gasteiger partial charge in [-0.3, -0.25) is 0 Å². The molecule has 1 aliphatic heterocycles. The minimum Gasteiger partial charge on any atom is -0.454 e. The lowest BCUT2D eigenvalue weighted by molar-refractivity contribution is 0.438. The molecule has 1 N–H and O–H groups in total. The lowest BCUT2D eigenvalue weighted by atomic mass is 9.66. The Balaban J connectivity index is 1.17. The van der Waals surface area contributed by atoms with Crippen molar-refractivity contribution < 1.29 is 4.74 Å². The van der Waals surface area contributed by atoms with Crippen LogP contribution in [0.25, 0.3) is 38.6 Å². The zero-order valence-corrected chi connectivity index (χ0v) is 24.9. The van der Waals surface area contributed by atoms with E-state index in [4.69, 9.17) is 4.74 Å². The molecule has 0 bridgehead atoms. The molecule has 0 saturated heterocycles. The Bertz CT molecular complexity index is 2440. The molecule has 10 rings (SSSR count). The highest BCUT2D eigenvalue weighted by atomic mass is 16.5. The molecular weight excluding hydrogens is 560 g/mol. The molecule has 0 unspecified atom stereocenters. The summed E-state index contributed by atoms with van der Waals surface area (Å²) in [6.07, 6.45) is 0. The number of rotatable bonds is 3. The molecule has 0 amide bonds. The molecule has 0 radical (unpaired) electrons. The third-order valence-corrected chi connectivity index (χ3v) is 9.84. The average Bonchev–Trinajstić information content (AvgIpc) is 3.60. The largest absolute Gasteiger partial charge is 0.454 e. The fraction of sp³-hybridized carbons (Fsp3) is 0.0233. The average molecular weight is 589 g/mol. The number of benzene rings is 7. The van der Waals surface area contributed by atoms with Crippen LogP contribution in [-0.2, 0) is 5.41 Å². The van der Waals surface area contributed by atoms with E-state index in [0.717, 1.165) is 34.1 Å². The minimum atomic E-state index is -0.484. The summed E-state index contributed by atoms with van der Waals surface area (Å²) in [5.74, 6) is 1.75. The standard InChI is InChI=1S/C43H28N2O/c1-2-13-29(14-3-1)45-39-23-10-6-17-32(39)33-27-28(25-26-40(33)45)44-38-22-12-21-37-42(38)46-41-24-11-9-20-36(41)43(37)34-18-7-4-15-30(34)31-16-5-8-19-35(31)43/h1-27,44H. The summed E-state index contributed by atoms with van der Waals surface area (Å²) >= 11 is 0. The monoisotopic (exact) mass is 588 g/mol. The van der Waals surface area contributed by atoms with Crippen LogP contribution in [0.15, 0.2) is 164 Å². The third-order valence-electron chi connectivity index (χ3n) is 9.84. The first-order valence-electron chi connectivity index (χ1n) is 15.8. The zero-order chi connectivity index (χ0) is 30.2. The van der Waals surface area contributed by atoms with Crippen LogP contribution in [0.2, 0.25) is 0 Å². The van der Waals surface area contributed by atoms with E-state index in [0.29, 0.717) is 0 Å². The van der Waals surface area contributed by atoms with Crippen LogP contribution < -0.4 is 10.1 Å². The molecule has 216 valence electrons. The van der Waals surface area contributed by atoms with E-state index in [9.17, 15) is 0 Å². The number of para-hydroxylation sites is 4. The molecule has 8 aromatic rings. The summed E-state index contributed by atoms with van der Waals surface area (Å²) < 4.78 is 9.20. The van der Waals surface area contributed by atoms with E-state index < -0.39 is 5.41 Å². The second-order valence-electron chi connectivity index (χ2n) is 12.2. The van der Waals surface area contributed by atoms with Crippen LogP contribution in [0.3, 0.4) is 0 Å². The first kappa shape index (κ1) is 25.3. The van der Waals surface area contributed by atoms with Gasteiger partial charge >= 0.3 is 0 Å². The van der Waals surface area contributed by atoms with Crippen LogP contribution in [0.5, 0.6) is 11.5 Å². The smallest absolute Gasteiger partial charge is 0.155 e. The lowest BCUT2D eigenvalue weighted by Crippen LogP contribution is -2.32. The molecule has 2 heterocycles. The summed E-state index contributed by atoms with van der Waals surface area (Å²) in [5, 5.41) is 6.22. The summed E-state index contributed by atoms with van der Waals surface area (Å²) in [6.45, 7) is 0. The molecule has 0 fully saturated rings. The number of ether oxygens (including phenoxy) is 1. The molecule has 1 aromatic heterocycles. The van der Waals surface area contributed by atoms with Crippen molar-refractivity contribution in [1.29, 1.82) is 0 Å². The van der Waals surface area contributed by atoms with Gasteiger partial charge in [0.25, 0.3) is 0 Å². The first-order valence-corrected chi connectivity index (χ1v) is 15.8. The number of anilines is 2. The molecule has 7 aromatic carbocycles. The quantitative estimate of drug-likeness (QED) is 0.222. The van der Waals surface area contributed by atoms with Gasteiger partial charge in [0.05, 0.1) is 22.1 Å². The third kappa shape index (κ3) is 3.32. The van der Waals surface area contributed by atoms with Crippen molar-refractivity contribution in [2.24, 2.45) is 0 Å². The molecule has 1 aliphatic carbocycles. The molecule has 0 saturated carbocycles. The van der Waals surface area contributed by atoms with Gasteiger partial charge in [-0.1, -0.05) is 115 Å². The summed E-state index contributed by atoms with van der Waals surface area (Å²) in [6, 6.07) is 58.6. The summed E-state index contributed by atoms with van der Waals surface area (Å²) in [5.41, 5.74) is 12.5. The van der Waals surface area contributed by atoms with E-state index in [1.165, 1.54) is 49.6 Å². The van der Waals surface area contributed by atoms with Crippen LogP contribution >= 0.6 is 0 Å². The second kappa shape index (κ2) is 9.47. The van der Waals surface area contributed by atoms with Gasteiger partial charge in [-0.25, -0.2) is 0 Å². The Kier molecular flexibility index (Phi) is 5.20. The number of nitrogens with one attached hydrogen (secondary N) is 1. The number of aromatic nitrogens is 1. The van der Waals surface area contributed by atoms with E-state index in [1.54, 1.807) is 0 Å². The normalized spacial score (nSPS) is 13.6. The Hall–Kier alpha value is -6.06. The van der Waals surface area contributed by atoms with Crippen molar-refractivity contribution in [2.45, 2.75) is 5.41 Å². The highest BCUT2D eigenvalue weighted by Crippen LogP contribution is 2.63. The highest BCUT2D eigenvalue weighted by molar-refractivity contribution is 6.10. The molecule has 3 heteroatoms. The van der Waals surface area contributed by atoms with E-state index in [-0.39, 0.29) is 0 Å². The van der Waals surface area contributed by atoms with Crippen LogP contribution in [0.4, 0.5) is 11.4 Å². The molecule has 46 heavy (non-hydrogen) atoms. The molecule has 1 spiro atoms. The number of fused-ring (bicyclic) bond motifs is 12. The number of nitrogens with zero attached hydrogens (tertiary/aromatic N) is 1. The van der Waals surface area contributed by atoms with Crippen molar-refractivity contribution in [3.05, 3.63) is 186 Å². The van der Waals surface area contributed by atoms with E-state index in [1.807, 2.05) is 0 Å². The zero-order valence-electron chi connectivity index (χ0n) is 24.9. The van der Waals surface area contributed by atoms with Crippen molar-refractivity contribution in [2.75, 3.05) is 5.32 Å². The van der Waals surface area contributed by atoms with Gasteiger partial charge < -0.3 is 14.6 Å². The molecule has 0 atom stereocenters. The fourth-order valence-corrected chi connectivity index (χ4v) is 8.04. The maximum absolute atomic E-state index is 6.85. The van der Waals surface area contributed by atoms with Gasteiger partial charge in [0, 0.05) is 33.3 Å². The van der Waals surface area contributed by atoms with Gasteiger partial charge in [0.1, 0.15) is 5.75 Å². The number of hydrogen-bond acceptors (Lipinski definition) is 2. The predicted octanol–water partition coefficient (Wildman–Crippen LogP) is 11.0. The van der Waals surface area contributed by atoms with Gasteiger partial charge in [-0.05, 0) is 70.8 Å². The SMILES string of the molecule is c1ccc(-n2c3ccccc3c3cc(Nc4cccc5c4Oc4ccccc4C54c5ccccc5-c5ccccc54)ccc32)cc1. The van der Waals surface area contributed by atoms with Gasteiger partial charge in [0.2, 0.25) is 0 Å². The van der Waals surface area contributed by atoms with Gasteiger partial charge in [0.15, 0.2) is 5.75 Å². The predicted molar refractivity (Wildman–Crippen MR) is 188 cm³/mol. The summed E-state index contributed by atoms with van der Waals surface area (Å²) in [7, 11) is 0. The van der Waals surface area contributed by atoms with E-state index in [2.05, 4.69) is 174 Å². The Morgan fingerprint density at radius 1 is 0.478 bits per heavy atom. The lowest BCUT2D eigenvalue weighted by Gasteiger charge is -2.40. The van der Waals surface area contributed by atoms with Crippen LogP contribution in [-0.4, -0.2) is 4.57 Å². The molecule has 2 aliphatic rings. The van der Waals surface area contributed by atoms with Crippen molar-refractivity contribution in [3.8, 4) is 28.3 Å². The topological polar surface area (TPSA) is 26.2 Å². The van der Waals surface area contributed by atoms with E-state index >= 15 is 0 Å². The fourth-order valence-electron chi connectivity index (χ4n) is 8.04.